The van der Waals surface area contributed by atoms with E-state index in [1.807, 2.05) is 24.3 Å². The molecule has 1 aliphatic rings. The summed E-state index contributed by atoms with van der Waals surface area (Å²) in [6, 6.07) is 8.22. The van der Waals surface area contributed by atoms with Gasteiger partial charge in [0.2, 0.25) is 0 Å². The van der Waals surface area contributed by atoms with E-state index in [0.29, 0.717) is 12.5 Å². The molecule has 0 amide bonds. The van der Waals surface area contributed by atoms with Crippen molar-refractivity contribution in [2.75, 3.05) is 19.0 Å². The van der Waals surface area contributed by atoms with Crippen LogP contribution in [0.3, 0.4) is 0 Å². The summed E-state index contributed by atoms with van der Waals surface area (Å²) in [5, 5.41) is 4.06. The fourth-order valence-electron chi connectivity index (χ4n) is 2.54. The van der Waals surface area contributed by atoms with E-state index in [-0.39, 0.29) is 5.97 Å². The lowest BCUT2D eigenvalue weighted by Gasteiger charge is -2.35. The molecule has 5 heteroatoms. The molecule has 0 saturated carbocycles. The minimum absolute atomic E-state index is 0.228. The molecule has 1 aromatic rings. The number of anilines is 1. The Labute approximate surface area is 131 Å². The highest BCUT2D eigenvalue weighted by Gasteiger charge is 2.20. The van der Waals surface area contributed by atoms with Crippen LogP contribution >= 0.6 is 12.2 Å². The predicted octanol–water partition coefficient (Wildman–Crippen LogP) is 2.97. The average Bonchev–Trinajstić information content (AvgIpc) is 2.49. The van der Waals surface area contributed by atoms with Crippen LogP contribution < -0.4 is 5.32 Å². The lowest BCUT2D eigenvalue weighted by atomic mass is 10.0. The number of ether oxygens (including phenoxy) is 1. The molecule has 0 bridgehead atoms. The van der Waals surface area contributed by atoms with Gasteiger partial charge in [0.1, 0.15) is 0 Å². The fraction of sp³-hybridized carbons (Fsp3) is 0.500. The van der Waals surface area contributed by atoms with E-state index in [1.54, 1.807) is 0 Å². The van der Waals surface area contributed by atoms with Crippen LogP contribution in [0.1, 0.15) is 31.7 Å². The normalized spacial score (nSPS) is 18.2. The Hall–Kier alpha value is -1.62. The summed E-state index contributed by atoms with van der Waals surface area (Å²) in [5.74, 6) is -0.228. The number of nitrogens with one attached hydrogen (secondary N) is 1. The lowest BCUT2D eigenvalue weighted by molar-refractivity contribution is -0.139. The van der Waals surface area contributed by atoms with Gasteiger partial charge in [-0.25, -0.2) is 0 Å². The molecule has 1 saturated heterocycles. The summed E-state index contributed by atoms with van der Waals surface area (Å²) in [5.41, 5.74) is 1.89. The Balaban J connectivity index is 1.93. The maximum Gasteiger partial charge on any atom is 0.309 e. The molecule has 1 N–H and O–H groups in total. The molecule has 2 rings (SSSR count). The number of hydrogen-bond donors (Lipinski definition) is 1. The SMILES string of the molecule is COC(=O)Cc1ccc(NC(=S)N2CCCC[C@@H]2C)cc1. The van der Waals surface area contributed by atoms with Gasteiger partial charge in [-0.15, -0.1) is 0 Å². The first kappa shape index (κ1) is 15.8. The summed E-state index contributed by atoms with van der Waals surface area (Å²) >= 11 is 5.50. The van der Waals surface area contributed by atoms with Gasteiger partial charge in [-0.2, -0.15) is 0 Å². The number of hydrogen-bond acceptors (Lipinski definition) is 3. The minimum Gasteiger partial charge on any atom is -0.469 e. The van der Waals surface area contributed by atoms with Crippen molar-refractivity contribution < 1.29 is 9.53 Å². The molecule has 0 aliphatic carbocycles. The smallest absolute Gasteiger partial charge is 0.309 e. The summed E-state index contributed by atoms with van der Waals surface area (Å²) in [6.45, 7) is 3.24. The van der Waals surface area contributed by atoms with Crippen molar-refractivity contribution in [1.29, 1.82) is 0 Å². The van der Waals surface area contributed by atoms with Gasteiger partial charge >= 0.3 is 5.97 Å². The summed E-state index contributed by atoms with van der Waals surface area (Å²) in [4.78, 5) is 13.5. The van der Waals surface area contributed by atoms with Crippen LogP contribution in [0.2, 0.25) is 0 Å². The number of esters is 1. The summed E-state index contributed by atoms with van der Waals surface area (Å²) in [6.07, 6.45) is 3.97. The molecule has 0 aromatic heterocycles. The first-order chi connectivity index (χ1) is 10.1. The Kier molecular flexibility index (Phi) is 5.56. The number of piperidine rings is 1. The van der Waals surface area contributed by atoms with Gasteiger partial charge in [0.15, 0.2) is 5.11 Å². The number of methoxy groups -OCH3 is 1. The minimum atomic E-state index is -0.228. The van der Waals surface area contributed by atoms with Crippen molar-refractivity contribution in [3.63, 3.8) is 0 Å². The molecule has 1 atom stereocenters. The standard InChI is InChI=1S/C16H22N2O2S/c1-12-5-3-4-10-18(12)16(21)17-14-8-6-13(7-9-14)11-15(19)20-2/h6-9,12H,3-5,10-11H2,1-2H3,(H,17,21)/t12-/m0/s1. The third-order valence-electron chi connectivity index (χ3n) is 3.85. The molecule has 0 unspecified atom stereocenters. The van der Waals surface area contributed by atoms with Gasteiger partial charge in [0.05, 0.1) is 13.5 Å². The van der Waals surface area contributed by atoms with Crippen LogP contribution in [-0.2, 0) is 16.0 Å². The number of thiocarbonyl (C=S) groups is 1. The maximum absolute atomic E-state index is 11.2. The van der Waals surface area contributed by atoms with E-state index in [1.165, 1.54) is 26.4 Å². The lowest BCUT2D eigenvalue weighted by Crippen LogP contribution is -2.44. The van der Waals surface area contributed by atoms with E-state index < -0.39 is 0 Å². The molecule has 1 fully saturated rings. The molecular formula is C16H22N2O2S. The van der Waals surface area contributed by atoms with Gasteiger partial charge in [-0.3, -0.25) is 4.79 Å². The monoisotopic (exact) mass is 306 g/mol. The summed E-state index contributed by atoms with van der Waals surface area (Å²) < 4.78 is 4.66. The molecule has 1 aliphatic heterocycles. The topological polar surface area (TPSA) is 41.6 Å². The van der Waals surface area contributed by atoms with Crippen molar-refractivity contribution in [2.45, 2.75) is 38.6 Å². The van der Waals surface area contributed by atoms with Gasteiger partial charge in [0.25, 0.3) is 0 Å². The average molecular weight is 306 g/mol. The van der Waals surface area contributed by atoms with Crippen LogP contribution in [0.15, 0.2) is 24.3 Å². The molecule has 1 aromatic carbocycles. The fourth-order valence-corrected chi connectivity index (χ4v) is 2.93. The Morgan fingerprint density at radius 1 is 1.38 bits per heavy atom. The molecular weight excluding hydrogens is 284 g/mol. The Bertz CT molecular complexity index is 502. The predicted molar refractivity (Wildman–Crippen MR) is 88.4 cm³/mol. The van der Waals surface area contributed by atoms with E-state index in [2.05, 4.69) is 21.9 Å². The Morgan fingerprint density at radius 3 is 2.71 bits per heavy atom. The molecule has 0 spiro atoms. The number of carbonyl (C=O) groups excluding carboxylic acids is 1. The van der Waals surface area contributed by atoms with E-state index in [0.717, 1.165) is 22.9 Å². The van der Waals surface area contributed by atoms with E-state index in [9.17, 15) is 4.79 Å². The van der Waals surface area contributed by atoms with Gasteiger partial charge in [0, 0.05) is 18.3 Å². The highest BCUT2D eigenvalue weighted by atomic mass is 32.1. The van der Waals surface area contributed by atoms with Gasteiger partial charge < -0.3 is 15.0 Å². The Morgan fingerprint density at radius 2 is 2.10 bits per heavy atom. The number of rotatable bonds is 3. The van der Waals surface area contributed by atoms with Crippen LogP contribution in [0.5, 0.6) is 0 Å². The molecule has 0 radical (unpaired) electrons. The zero-order chi connectivity index (χ0) is 15.2. The van der Waals surface area contributed by atoms with Crippen molar-refractivity contribution in [1.82, 2.24) is 4.90 Å². The number of nitrogens with zero attached hydrogens (tertiary/aromatic N) is 1. The molecule has 1 heterocycles. The van der Waals surface area contributed by atoms with E-state index >= 15 is 0 Å². The quantitative estimate of drug-likeness (QED) is 0.687. The van der Waals surface area contributed by atoms with Crippen LogP contribution in [0.25, 0.3) is 0 Å². The highest BCUT2D eigenvalue weighted by molar-refractivity contribution is 7.80. The second kappa shape index (κ2) is 7.41. The highest BCUT2D eigenvalue weighted by Crippen LogP contribution is 2.18. The molecule has 21 heavy (non-hydrogen) atoms. The third kappa shape index (κ3) is 4.43. The maximum atomic E-state index is 11.2. The first-order valence-electron chi connectivity index (χ1n) is 7.33. The second-order valence-electron chi connectivity index (χ2n) is 5.42. The number of likely N-dealkylation sites (tertiary alicyclic amines) is 1. The number of carbonyl (C=O) groups is 1. The molecule has 4 nitrogen and oxygen atoms in total. The van der Waals surface area contributed by atoms with Gasteiger partial charge in [-0.1, -0.05) is 12.1 Å². The zero-order valence-corrected chi connectivity index (χ0v) is 13.4. The van der Waals surface area contributed by atoms with Crippen LogP contribution in [0.4, 0.5) is 5.69 Å². The molecule has 114 valence electrons. The van der Waals surface area contributed by atoms with Crippen LogP contribution in [-0.4, -0.2) is 35.7 Å². The largest absolute Gasteiger partial charge is 0.469 e. The van der Waals surface area contributed by atoms with Crippen LogP contribution in [0, 0.1) is 0 Å². The summed E-state index contributed by atoms with van der Waals surface area (Å²) in [7, 11) is 1.40. The van der Waals surface area contributed by atoms with Crippen molar-refractivity contribution in [3.05, 3.63) is 29.8 Å². The zero-order valence-electron chi connectivity index (χ0n) is 12.6. The third-order valence-corrected chi connectivity index (χ3v) is 4.18. The second-order valence-corrected chi connectivity index (χ2v) is 5.80. The van der Waals surface area contributed by atoms with Crippen molar-refractivity contribution >= 4 is 29.0 Å². The van der Waals surface area contributed by atoms with Crippen molar-refractivity contribution in [3.8, 4) is 0 Å². The van der Waals surface area contributed by atoms with Gasteiger partial charge in [-0.05, 0) is 56.1 Å². The van der Waals surface area contributed by atoms with Crippen molar-refractivity contribution in [2.24, 2.45) is 0 Å². The first-order valence-corrected chi connectivity index (χ1v) is 7.74. The number of benzene rings is 1. The van der Waals surface area contributed by atoms with E-state index in [4.69, 9.17) is 12.2 Å².